The van der Waals surface area contributed by atoms with Crippen molar-refractivity contribution >= 4 is 33.9 Å². The maximum absolute atomic E-state index is 11.6. The van der Waals surface area contributed by atoms with Crippen molar-refractivity contribution in [3.05, 3.63) is 22.7 Å². The first kappa shape index (κ1) is 14.8. The van der Waals surface area contributed by atoms with Gasteiger partial charge in [-0.25, -0.2) is 4.79 Å². The number of amides is 1. The zero-order chi connectivity index (χ0) is 15.4. The molecule has 0 unspecified atom stereocenters. The van der Waals surface area contributed by atoms with Crippen LogP contribution in [-0.4, -0.2) is 35.7 Å². The number of hydrogen-bond donors (Lipinski definition) is 3. The molecule has 0 aromatic carbocycles. The average molecular weight is 311 g/mol. The lowest BCUT2D eigenvalue weighted by Crippen LogP contribution is -2.16. The summed E-state index contributed by atoms with van der Waals surface area (Å²) in [5, 5.41) is 6.86. The van der Waals surface area contributed by atoms with E-state index in [4.69, 9.17) is 16.0 Å². The molecule has 9 nitrogen and oxygen atoms in total. The summed E-state index contributed by atoms with van der Waals surface area (Å²) < 4.78 is 9.45. The quantitative estimate of drug-likeness (QED) is 0.643. The summed E-state index contributed by atoms with van der Waals surface area (Å²) in [6.07, 6.45) is 1.74. The van der Waals surface area contributed by atoms with Crippen molar-refractivity contribution in [1.82, 2.24) is 10.1 Å². The van der Waals surface area contributed by atoms with E-state index in [1.54, 1.807) is 0 Å². The molecule has 0 atom stereocenters. The van der Waals surface area contributed by atoms with Crippen molar-refractivity contribution in [2.75, 3.05) is 24.7 Å². The monoisotopic (exact) mass is 311 g/mol. The highest BCUT2D eigenvalue weighted by molar-refractivity contribution is 7.19. The normalized spacial score (nSPS) is 10.3. The predicted molar refractivity (Wildman–Crippen MR) is 75.1 cm³/mol. The number of nitrogen functional groups attached to an aromatic ring is 1. The first-order valence-corrected chi connectivity index (χ1v) is 6.66. The minimum absolute atomic E-state index is 0.0136. The molecule has 0 fully saturated rings. The van der Waals surface area contributed by atoms with Gasteiger partial charge in [0.25, 0.3) is 5.91 Å². The lowest BCUT2D eigenvalue weighted by atomic mass is 10.2. The van der Waals surface area contributed by atoms with Crippen LogP contribution in [0.25, 0.3) is 0 Å². The largest absolute Gasteiger partial charge is 0.465 e. The van der Waals surface area contributed by atoms with Crippen LogP contribution in [0.1, 0.15) is 25.9 Å². The van der Waals surface area contributed by atoms with Crippen molar-refractivity contribution in [2.45, 2.75) is 6.42 Å². The van der Waals surface area contributed by atoms with Gasteiger partial charge in [-0.05, 0) is 0 Å². The van der Waals surface area contributed by atoms with Gasteiger partial charge in [0.2, 0.25) is 5.89 Å². The van der Waals surface area contributed by atoms with E-state index in [0.29, 0.717) is 23.9 Å². The Hall–Kier alpha value is -2.62. The molecule has 0 aliphatic carbocycles. The maximum atomic E-state index is 11.6. The summed E-state index contributed by atoms with van der Waals surface area (Å²) in [5.74, 6) is -0.898. The number of methoxy groups -OCH3 is 1. The van der Waals surface area contributed by atoms with Crippen LogP contribution in [0.15, 0.2) is 10.9 Å². The molecule has 0 aliphatic heterocycles. The molecule has 5 N–H and O–H groups in total. The minimum atomic E-state index is -0.723. The molecule has 21 heavy (non-hydrogen) atoms. The number of aromatic nitrogens is 2. The Morgan fingerprint density at radius 1 is 1.52 bits per heavy atom. The van der Waals surface area contributed by atoms with Gasteiger partial charge in [0.05, 0.1) is 18.4 Å². The lowest BCUT2D eigenvalue weighted by Gasteiger charge is -2.03. The van der Waals surface area contributed by atoms with E-state index in [9.17, 15) is 9.59 Å². The van der Waals surface area contributed by atoms with Crippen LogP contribution < -0.4 is 16.8 Å². The highest BCUT2D eigenvalue weighted by Crippen LogP contribution is 2.35. The number of rotatable bonds is 6. The molecule has 0 saturated heterocycles. The zero-order valence-corrected chi connectivity index (χ0v) is 11.9. The molecule has 2 aromatic heterocycles. The smallest absolute Gasteiger partial charge is 0.350 e. The molecule has 0 aliphatic rings. The molecule has 112 valence electrons. The van der Waals surface area contributed by atoms with E-state index in [1.807, 2.05) is 0 Å². The number of nitrogens with one attached hydrogen (secondary N) is 1. The summed E-state index contributed by atoms with van der Waals surface area (Å²) in [4.78, 5) is 27.0. The van der Waals surface area contributed by atoms with Gasteiger partial charge >= 0.3 is 5.97 Å². The Balaban J connectivity index is 2.17. The number of anilines is 2. The number of ether oxygens (including phenoxy) is 1. The standard InChI is InChI=1S/C11H13N5O4S/c1-19-11(18)8-7(12)6(9(13)17)10(21-8)14-3-2-5-15-4-16-20-5/h4,14H,2-3,12H2,1H3,(H2,13,17). The van der Waals surface area contributed by atoms with Gasteiger partial charge in [-0.15, -0.1) is 11.3 Å². The zero-order valence-electron chi connectivity index (χ0n) is 11.1. The van der Waals surface area contributed by atoms with Crippen LogP contribution in [0.4, 0.5) is 10.7 Å². The predicted octanol–water partition coefficient (Wildman–Crippen LogP) is 0.253. The summed E-state index contributed by atoms with van der Waals surface area (Å²) in [5.41, 5.74) is 11.2. The summed E-state index contributed by atoms with van der Waals surface area (Å²) in [7, 11) is 1.23. The van der Waals surface area contributed by atoms with Gasteiger partial charge in [-0.3, -0.25) is 4.79 Å². The second-order valence-corrected chi connectivity index (χ2v) is 4.94. The first-order chi connectivity index (χ1) is 10.0. The molecule has 10 heteroatoms. The second-order valence-electron chi connectivity index (χ2n) is 3.92. The van der Waals surface area contributed by atoms with Crippen LogP contribution in [0.2, 0.25) is 0 Å². The molecule has 0 bridgehead atoms. The first-order valence-electron chi connectivity index (χ1n) is 5.84. The van der Waals surface area contributed by atoms with Crippen molar-refractivity contribution in [3.8, 4) is 0 Å². The van der Waals surface area contributed by atoms with Crippen molar-refractivity contribution in [3.63, 3.8) is 0 Å². The highest BCUT2D eigenvalue weighted by atomic mass is 32.1. The third kappa shape index (κ3) is 3.11. The van der Waals surface area contributed by atoms with Gasteiger partial charge in [0.15, 0.2) is 6.33 Å². The van der Waals surface area contributed by atoms with Crippen molar-refractivity contribution in [2.24, 2.45) is 5.73 Å². The Kier molecular flexibility index (Phi) is 4.38. The number of nitrogens with zero attached hydrogens (tertiary/aromatic N) is 2. The Labute approximate surface area is 123 Å². The fourth-order valence-corrected chi connectivity index (χ4v) is 2.72. The Morgan fingerprint density at radius 3 is 2.86 bits per heavy atom. The minimum Gasteiger partial charge on any atom is -0.465 e. The third-order valence-corrected chi connectivity index (χ3v) is 3.74. The molecular formula is C11H13N5O4S. The molecule has 0 saturated carbocycles. The number of carbonyl (C=O) groups is 2. The topological polar surface area (TPSA) is 146 Å². The third-order valence-electron chi connectivity index (χ3n) is 2.59. The van der Waals surface area contributed by atoms with Crippen LogP contribution in [0.3, 0.4) is 0 Å². The number of thiophene rings is 1. The number of hydrogen-bond acceptors (Lipinski definition) is 9. The Bertz CT molecular complexity index is 652. The lowest BCUT2D eigenvalue weighted by molar-refractivity contribution is 0.0607. The Morgan fingerprint density at radius 2 is 2.29 bits per heavy atom. The van der Waals surface area contributed by atoms with E-state index in [0.717, 1.165) is 11.3 Å². The number of nitrogens with two attached hydrogens (primary N) is 2. The summed E-state index contributed by atoms with van der Waals surface area (Å²) >= 11 is 1.01. The van der Waals surface area contributed by atoms with Crippen LogP contribution in [0.5, 0.6) is 0 Å². The highest BCUT2D eigenvalue weighted by Gasteiger charge is 2.24. The maximum Gasteiger partial charge on any atom is 0.350 e. The van der Waals surface area contributed by atoms with E-state index < -0.39 is 11.9 Å². The van der Waals surface area contributed by atoms with E-state index in [-0.39, 0.29) is 16.1 Å². The fraction of sp³-hybridized carbons (Fsp3) is 0.273. The van der Waals surface area contributed by atoms with E-state index in [2.05, 4.69) is 20.2 Å². The molecular weight excluding hydrogens is 298 g/mol. The van der Waals surface area contributed by atoms with Crippen molar-refractivity contribution in [1.29, 1.82) is 0 Å². The number of esters is 1. The molecule has 0 radical (unpaired) electrons. The second kappa shape index (κ2) is 6.22. The van der Waals surface area contributed by atoms with Gasteiger partial charge < -0.3 is 26.0 Å². The van der Waals surface area contributed by atoms with E-state index >= 15 is 0 Å². The molecule has 2 heterocycles. The van der Waals surface area contributed by atoms with Crippen LogP contribution >= 0.6 is 11.3 Å². The van der Waals surface area contributed by atoms with E-state index in [1.165, 1.54) is 13.4 Å². The van der Waals surface area contributed by atoms with Gasteiger partial charge in [-0.2, -0.15) is 4.98 Å². The van der Waals surface area contributed by atoms with Gasteiger partial charge in [0.1, 0.15) is 9.88 Å². The van der Waals surface area contributed by atoms with Crippen molar-refractivity contribution < 1.29 is 18.8 Å². The summed E-state index contributed by atoms with van der Waals surface area (Å²) in [6.45, 7) is 0.406. The fourth-order valence-electron chi connectivity index (χ4n) is 1.65. The SMILES string of the molecule is COC(=O)c1sc(NCCc2ncno2)c(C(N)=O)c1N. The molecule has 0 spiro atoms. The molecule has 2 aromatic rings. The van der Waals surface area contributed by atoms with Crippen LogP contribution in [-0.2, 0) is 11.2 Å². The van der Waals surface area contributed by atoms with Crippen LogP contribution in [0, 0.1) is 0 Å². The molecule has 2 rings (SSSR count). The molecule has 1 amide bonds. The van der Waals surface area contributed by atoms with Gasteiger partial charge in [0, 0.05) is 13.0 Å². The summed E-state index contributed by atoms with van der Waals surface area (Å²) in [6, 6.07) is 0. The number of carbonyl (C=O) groups excluding carboxylic acids is 2. The average Bonchev–Trinajstić information content (AvgIpc) is 3.06. The van der Waals surface area contributed by atoms with Gasteiger partial charge in [-0.1, -0.05) is 5.16 Å². The number of primary amides is 1.